The lowest BCUT2D eigenvalue weighted by Crippen LogP contribution is -2.59. The summed E-state index contributed by atoms with van der Waals surface area (Å²) in [7, 11) is 0. The van der Waals surface area contributed by atoms with E-state index in [1.807, 2.05) is 31.2 Å². The van der Waals surface area contributed by atoms with Crippen molar-refractivity contribution in [2.45, 2.75) is 71.6 Å². The number of aromatic amines is 1. The van der Waals surface area contributed by atoms with Crippen molar-refractivity contribution in [1.29, 1.82) is 0 Å². The second-order valence-electron chi connectivity index (χ2n) is 9.35. The number of amides is 3. The molecule has 0 aliphatic heterocycles. The number of carboxylic acids is 1. The minimum Gasteiger partial charge on any atom is -0.480 e. The third kappa shape index (κ3) is 7.29. The summed E-state index contributed by atoms with van der Waals surface area (Å²) in [5, 5.41) is 18.3. The molecule has 0 radical (unpaired) electrons. The van der Waals surface area contributed by atoms with E-state index in [4.69, 9.17) is 5.73 Å². The maximum Gasteiger partial charge on any atom is 0.326 e. The van der Waals surface area contributed by atoms with E-state index in [1.165, 1.54) is 6.92 Å². The van der Waals surface area contributed by atoms with E-state index in [0.29, 0.717) is 6.42 Å². The standard InChI is InChI=1S/C25H37N5O5/c1-6-14(4)21(24(33)29-20(13(2)3)25(34)35)30-23(32)19(28-22(31)15(5)26)11-16-12-27-18-10-8-7-9-17(16)18/h7-10,12-15,19-21,27H,6,11,26H2,1-5H3,(H,28,31)(H,29,33)(H,30,32)(H,34,35). The minimum absolute atomic E-state index is 0.174. The number of benzene rings is 1. The molecule has 2 aromatic rings. The fourth-order valence-corrected chi connectivity index (χ4v) is 3.75. The minimum atomic E-state index is -1.15. The highest BCUT2D eigenvalue weighted by atomic mass is 16.4. The van der Waals surface area contributed by atoms with Crippen LogP contribution in [0, 0.1) is 11.8 Å². The van der Waals surface area contributed by atoms with Crippen molar-refractivity contribution in [3.05, 3.63) is 36.0 Å². The van der Waals surface area contributed by atoms with Crippen LogP contribution < -0.4 is 21.7 Å². The summed E-state index contributed by atoms with van der Waals surface area (Å²) >= 11 is 0. The zero-order valence-electron chi connectivity index (χ0n) is 20.9. The Hall–Kier alpha value is -3.40. The van der Waals surface area contributed by atoms with Gasteiger partial charge in [0.1, 0.15) is 18.1 Å². The number of hydrogen-bond acceptors (Lipinski definition) is 5. The first-order valence-corrected chi connectivity index (χ1v) is 11.9. The van der Waals surface area contributed by atoms with Gasteiger partial charge in [0.2, 0.25) is 17.7 Å². The molecule has 3 amide bonds. The quantitative estimate of drug-likeness (QED) is 0.264. The van der Waals surface area contributed by atoms with Crippen molar-refractivity contribution in [3.8, 4) is 0 Å². The number of rotatable bonds is 12. The van der Waals surface area contributed by atoms with E-state index in [1.54, 1.807) is 27.0 Å². The number of hydrogen-bond donors (Lipinski definition) is 6. The van der Waals surface area contributed by atoms with Crippen molar-refractivity contribution < 1.29 is 24.3 Å². The molecule has 35 heavy (non-hydrogen) atoms. The predicted octanol–water partition coefficient (Wildman–Crippen LogP) is 1.30. The third-order valence-electron chi connectivity index (χ3n) is 6.17. The van der Waals surface area contributed by atoms with Crippen LogP contribution in [0.5, 0.6) is 0 Å². The first-order chi connectivity index (χ1) is 16.5. The van der Waals surface area contributed by atoms with Crippen molar-refractivity contribution >= 4 is 34.6 Å². The Morgan fingerprint density at radius 1 is 0.943 bits per heavy atom. The molecule has 10 heteroatoms. The first kappa shape index (κ1) is 27.8. The van der Waals surface area contributed by atoms with E-state index < -0.39 is 47.9 Å². The third-order valence-corrected chi connectivity index (χ3v) is 6.17. The van der Waals surface area contributed by atoms with Crippen LogP contribution in [0.15, 0.2) is 30.5 Å². The molecule has 0 aliphatic rings. The second-order valence-corrected chi connectivity index (χ2v) is 9.35. The van der Waals surface area contributed by atoms with Gasteiger partial charge in [0, 0.05) is 23.5 Å². The summed E-state index contributed by atoms with van der Waals surface area (Å²) in [6, 6.07) is 3.70. The van der Waals surface area contributed by atoms with Gasteiger partial charge < -0.3 is 31.8 Å². The van der Waals surface area contributed by atoms with Crippen LogP contribution in [0.25, 0.3) is 10.9 Å². The molecule has 1 aromatic heterocycles. The summed E-state index contributed by atoms with van der Waals surface area (Å²) in [4.78, 5) is 53.5. The molecule has 0 saturated heterocycles. The zero-order chi connectivity index (χ0) is 26.3. The van der Waals surface area contributed by atoms with Crippen LogP contribution in [0.4, 0.5) is 0 Å². The second kappa shape index (κ2) is 12.3. The Morgan fingerprint density at radius 3 is 2.14 bits per heavy atom. The highest BCUT2D eigenvalue weighted by Crippen LogP contribution is 2.19. The largest absolute Gasteiger partial charge is 0.480 e. The van der Waals surface area contributed by atoms with Gasteiger partial charge in [0.05, 0.1) is 6.04 Å². The fraction of sp³-hybridized carbons (Fsp3) is 0.520. The Balaban J connectivity index is 2.30. The molecule has 5 atom stereocenters. The van der Waals surface area contributed by atoms with Crippen molar-refractivity contribution in [3.63, 3.8) is 0 Å². The molecule has 7 N–H and O–H groups in total. The molecule has 5 unspecified atom stereocenters. The molecular formula is C25H37N5O5. The molecule has 0 saturated carbocycles. The number of nitrogens with two attached hydrogens (primary N) is 1. The van der Waals surface area contributed by atoms with Gasteiger partial charge in [-0.05, 0) is 30.4 Å². The summed E-state index contributed by atoms with van der Waals surface area (Å²) in [6.07, 6.45) is 2.52. The highest BCUT2D eigenvalue weighted by Gasteiger charge is 2.33. The maximum atomic E-state index is 13.4. The van der Waals surface area contributed by atoms with E-state index in [0.717, 1.165) is 16.5 Å². The molecule has 0 fully saturated rings. The Bertz CT molecular complexity index is 1050. The van der Waals surface area contributed by atoms with E-state index in [9.17, 15) is 24.3 Å². The average molecular weight is 488 g/mol. The van der Waals surface area contributed by atoms with Gasteiger partial charge in [0.25, 0.3) is 0 Å². The molecule has 1 aromatic carbocycles. The summed E-state index contributed by atoms with van der Waals surface area (Å²) in [5.74, 6) is -3.41. The lowest BCUT2D eigenvalue weighted by atomic mass is 9.95. The number of fused-ring (bicyclic) bond motifs is 1. The number of carbonyl (C=O) groups excluding carboxylic acids is 3. The van der Waals surface area contributed by atoms with E-state index >= 15 is 0 Å². The highest BCUT2D eigenvalue weighted by molar-refractivity contribution is 5.95. The number of aliphatic carboxylic acids is 1. The van der Waals surface area contributed by atoms with Crippen LogP contribution in [-0.4, -0.2) is 57.9 Å². The first-order valence-electron chi connectivity index (χ1n) is 11.9. The SMILES string of the molecule is CCC(C)C(NC(=O)C(Cc1c[nH]c2ccccc12)NC(=O)C(C)N)C(=O)NC(C(=O)O)C(C)C. The number of para-hydroxylation sites is 1. The van der Waals surface area contributed by atoms with Gasteiger partial charge >= 0.3 is 5.97 Å². The molecular weight excluding hydrogens is 450 g/mol. The van der Waals surface area contributed by atoms with E-state index in [-0.39, 0.29) is 18.3 Å². The average Bonchev–Trinajstić information content (AvgIpc) is 3.21. The molecule has 0 spiro atoms. The van der Waals surface area contributed by atoms with E-state index in [2.05, 4.69) is 20.9 Å². The van der Waals surface area contributed by atoms with Crippen molar-refractivity contribution in [1.82, 2.24) is 20.9 Å². The lowest BCUT2D eigenvalue weighted by molar-refractivity contribution is -0.144. The van der Waals surface area contributed by atoms with Gasteiger partial charge in [-0.2, -0.15) is 0 Å². The molecule has 0 bridgehead atoms. The summed E-state index contributed by atoms with van der Waals surface area (Å²) in [5.41, 5.74) is 7.42. The van der Waals surface area contributed by atoms with Crippen LogP contribution >= 0.6 is 0 Å². The number of carboxylic acid groups (broad SMARTS) is 1. The van der Waals surface area contributed by atoms with Gasteiger partial charge in [-0.15, -0.1) is 0 Å². The molecule has 10 nitrogen and oxygen atoms in total. The van der Waals surface area contributed by atoms with Crippen molar-refractivity contribution in [2.24, 2.45) is 17.6 Å². The van der Waals surface area contributed by atoms with Gasteiger partial charge in [-0.25, -0.2) is 4.79 Å². The van der Waals surface area contributed by atoms with Crippen molar-refractivity contribution in [2.75, 3.05) is 0 Å². The maximum absolute atomic E-state index is 13.4. The van der Waals surface area contributed by atoms with Gasteiger partial charge in [-0.3, -0.25) is 14.4 Å². The topological polar surface area (TPSA) is 166 Å². The van der Waals surface area contributed by atoms with Gasteiger partial charge in [0.15, 0.2) is 0 Å². The number of carbonyl (C=O) groups is 4. The summed E-state index contributed by atoms with van der Waals surface area (Å²) < 4.78 is 0. The fourth-order valence-electron chi connectivity index (χ4n) is 3.75. The molecule has 0 aliphatic carbocycles. The zero-order valence-corrected chi connectivity index (χ0v) is 20.9. The normalized spacial score (nSPS) is 15.6. The van der Waals surface area contributed by atoms with Crippen LogP contribution in [-0.2, 0) is 25.6 Å². The Kier molecular flexibility index (Phi) is 9.82. The Morgan fingerprint density at radius 2 is 1.57 bits per heavy atom. The molecule has 1 heterocycles. The summed E-state index contributed by atoms with van der Waals surface area (Å²) in [6.45, 7) is 8.57. The van der Waals surface area contributed by atoms with Crippen LogP contribution in [0.2, 0.25) is 0 Å². The lowest BCUT2D eigenvalue weighted by Gasteiger charge is -2.28. The Labute approximate surface area is 205 Å². The number of H-pyrrole nitrogens is 1. The van der Waals surface area contributed by atoms with Gasteiger partial charge in [-0.1, -0.05) is 52.3 Å². The number of nitrogens with one attached hydrogen (secondary N) is 4. The van der Waals surface area contributed by atoms with Crippen LogP contribution in [0.3, 0.4) is 0 Å². The predicted molar refractivity (Wildman–Crippen MR) is 133 cm³/mol. The van der Waals surface area contributed by atoms with Crippen LogP contribution in [0.1, 0.15) is 46.6 Å². The molecule has 192 valence electrons. The monoisotopic (exact) mass is 487 g/mol. The smallest absolute Gasteiger partial charge is 0.326 e. The number of aromatic nitrogens is 1. The molecule has 2 rings (SSSR count).